The molecule has 2 aliphatic heterocycles. The van der Waals surface area contributed by atoms with Crippen molar-refractivity contribution >= 4 is 45.5 Å². The largest absolute Gasteiger partial charge is 0.481 e. The molecule has 3 fully saturated rings. The number of ether oxygens (including phenoxy) is 4. The van der Waals surface area contributed by atoms with Crippen LogP contribution in [0.1, 0.15) is 93.3 Å². The van der Waals surface area contributed by atoms with Gasteiger partial charge in [0.1, 0.15) is 11.7 Å². The average molecular weight is 838 g/mol. The van der Waals surface area contributed by atoms with Gasteiger partial charge in [-0.05, 0) is 93.3 Å². The lowest BCUT2D eigenvalue weighted by molar-refractivity contribution is -0.135. The highest BCUT2D eigenvalue weighted by Gasteiger charge is 2.31. The molecule has 2 N–H and O–H groups in total. The number of anilines is 2. The summed E-state index contributed by atoms with van der Waals surface area (Å²) in [5.41, 5.74) is 5.52. The summed E-state index contributed by atoms with van der Waals surface area (Å²) in [6, 6.07) is 9.40. The van der Waals surface area contributed by atoms with Crippen molar-refractivity contribution in [3.8, 4) is 5.88 Å². The van der Waals surface area contributed by atoms with Gasteiger partial charge < -0.3 is 33.7 Å². The van der Waals surface area contributed by atoms with E-state index in [2.05, 4.69) is 31.3 Å². The molecule has 2 amide bonds. The third kappa shape index (κ3) is 10.1. The van der Waals surface area contributed by atoms with Gasteiger partial charge in [0, 0.05) is 68.4 Å². The molecule has 16 nitrogen and oxygen atoms in total. The number of imide groups is 1. The number of amides is 2. The first-order valence-electron chi connectivity index (χ1n) is 22.0. The topological polar surface area (TPSA) is 169 Å². The van der Waals surface area contributed by atoms with Crippen LogP contribution in [0.3, 0.4) is 0 Å². The summed E-state index contributed by atoms with van der Waals surface area (Å²) >= 11 is 0. The molecule has 8 rings (SSSR count). The van der Waals surface area contributed by atoms with E-state index in [0.29, 0.717) is 75.4 Å². The number of nitrogens with one attached hydrogen (secondary N) is 2. The second-order valence-electron chi connectivity index (χ2n) is 16.5. The van der Waals surface area contributed by atoms with Gasteiger partial charge in [-0.2, -0.15) is 4.98 Å². The number of aromatic nitrogens is 6. The normalized spacial score (nSPS) is 18.3. The van der Waals surface area contributed by atoms with Crippen LogP contribution in [0.5, 0.6) is 5.88 Å². The van der Waals surface area contributed by atoms with Crippen LogP contribution in [0.25, 0.3) is 22.1 Å². The molecule has 0 spiro atoms. The molecule has 1 aliphatic carbocycles. The third-order valence-corrected chi connectivity index (χ3v) is 12.5. The highest BCUT2D eigenvalue weighted by molar-refractivity contribution is 6.00. The first-order chi connectivity index (χ1) is 29.9. The Morgan fingerprint density at radius 2 is 1.62 bits per heavy atom. The van der Waals surface area contributed by atoms with E-state index in [4.69, 9.17) is 28.9 Å². The maximum Gasteiger partial charge on any atom is 0.329 e. The summed E-state index contributed by atoms with van der Waals surface area (Å²) in [6.07, 6.45) is 16.7. The average Bonchev–Trinajstić information content (AvgIpc) is 3.78. The number of piperidine rings is 2. The Kier molecular flexibility index (Phi) is 14.0. The number of methoxy groups -OCH3 is 1. The fraction of sp³-hybridized carbons (Fsp3) is 0.556. The van der Waals surface area contributed by atoms with E-state index in [1.54, 1.807) is 24.9 Å². The third-order valence-electron chi connectivity index (χ3n) is 12.5. The SMILES string of the molecule is COc1cc(Nc2ncc3c(C4CCN(CCOCCOCCOCCCc5ccc6c(c5)n(C)c(=O)n6C5CCC(=O)NC5=O)CC4)cn(C4CCCCC4)c3n2)ccn1. The van der Waals surface area contributed by atoms with Crippen LogP contribution in [0.4, 0.5) is 11.6 Å². The second-order valence-corrected chi connectivity index (χ2v) is 16.5. The molecular weight excluding hydrogens is 779 g/mol. The summed E-state index contributed by atoms with van der Waals surface area (Å²) in [6.45, 7) is 6.38. The first-order valence-corrected chi connectivity index (χ1v) is 22.0. The Hall–Kier alpha value is -5.16. The predicted molar refractivity (Wildman–Crippen MR) is 232 cm³/mol. The lowest BCUT2D eigenvalue weighted by Crippen LogP contribution is -2.44. The fourth-order valence-electron chi connectivity index (χ4n) is 9.18. The number of carbonyl (C=O) groups is 2. The van der Waals surface area contributed by atoms with Gasteiger partial charge in [0.05, 0.1) is 51.2 Å². The Bertz CT molecular complexity index is 2340. The van der Waals surface area contributed by atoms with Crippen molar-refractivity contribution in [2.45, 2.75) is 88.6 Å². The first kappa shape index (κ1) is 42.5. The van der Waals surface area contributed by atoms with Crippen molar-refractivity contribution in [3.63, 3.8) is 0 Å². The summed E-state index contributed by atoms with van der Waals surface area (Å²) in [4.78, 5) is 53.7. The van der Waals surface area contributed by atoms with Crippen LogP contribution in [0.2, 0.25) is 0 Å². The summed E-state index contributed by atoms with van der Waals surface area (Å²) < 4.78 is 28.3. The van der Waals surface area contributed by atoms with Crippen molar-refractivity contribution in [2.24, 2.45) is 7.05 Å². The quantitative estimate of drug-likeness (QED) is 0.0784. The number of hydrogen-bond acceptors (Lipinski definition) is 12. The molecule has 0 radical (unpaired) electrons. The number of aryl methyl sites for hydroxylation is 2. The molecule has 2 saturated heterocycles. The minimum absolute atomic E-state index is 0.218. The Balaban J connectivity index is 0.714. The summed E-state index contributed by atoms with van der Waals surface area (Å²) in [7, 11) is 3.32. The van der Waals surface area contributed by atoms with Gasteiger partial charge in [-0.1, -0.05) is 25.3 Å². The molecular formula is C45H59N9O7. The van der Waals surface area contributed by atoms with Crippen LogP contribution in [-0.4, -0.2) is 112 Å². The summed E-state index contributed by atoms with van der Waals surface area (Å²) in [5, 5.41) is 6.88. The van der Waals surface area contributed by atoms with Crippen LogP contribution in [0.15, 0.2) is 53.7 Å². The van der Waals surface area contributed by atoms with Crippen LogP contribution in [0, 0.1) is 0 Å². The lowest BCUT2D eigenvalue weighted by Gasteiger charge is -2.31. The van der Waals surface area contributed by atoms with Gasteiger partial charge in [-0.15, -0.1) is 0 Å². The molecule has 5 aromatic rings. The van der Waals surface area contributed by atoms with Crippen molar-refractivity contribution in [1.29, 1.82) is 0 Å². The number of nitrogens with zero attached hydrogens (tertiary/aromatic N) is 7. The lowest BCUT2D eigenvalue weighted by atomic mass is 9.90. The van der Waals surface area contributed by atoms with E-state index in [1.807, 2.05) is 36.5 Å². The van der Waals surface area contributed by atoms with Gasteiger partial charge in [-0.3, -0.25) is 24.0 Å². The van der Waals surface area contributed by atoms with Gasteiger partial charge in [0.15, 0.2) is 0 Å². The molecule has 6 heterocycles. The Morgan fingerprint density at radius 1 is 0.852 bits per heavy atom. The molecule has 4 aromatic heterocycles. The second kappa shape index (κ2) is 20.1. The van der Waals surface area contributed by atoms with E-state index >= 15 is 0 Å². The minimum Gasteiger partial charge on any atom is -0.481 e. The number of fused-ring (bicyclic) bond motifs is 2. The molecule has 326 valence electrons. The smallest absolute Gasteiger partial charge is 0.329 e. The highest BCUT2D eigenvalue weighted by Crippen LogP contribution is 2.38. The zero-order chi connectivity index (χ0) is 42.1. The number of imidazole rings is 1. The molecule has 61 heavy (non-hydrogen) atoms. The van der Waals surface area contributed by atoms with Crippen molar-refractivity contribution in [3.05, 3.63) is 70.5 Å². The molecule has 1 saturated carbocycles. The van der Waals surface area contributed by atoms with Gasteiger partial charge >= 0.3 is 5.69 Å². The molecule has 1 aromatic carbocycles. The van der Waals surface area contributed by atoms with E-state index in [0.717, 1.165) is 67.7 Å². The van der Waals surface area contributed by atoms with E-state index in [1.165, 1.54) is 47.6 Å². The van der Waals surface area contributed by atoms with E-state index < -0.39 is 11.9 Å². The summed E-state index contributed by atoms with van der Waals surface area (Å²) in [5.74, 6) is 0.864. The number of rotatable bonds is 19. The number of benzene rings is 1. The standard InChI is InChI=1S/C45H59N9O7/c1-51-39-27-31(10-11-37(39)54(45(51)57)38-12-13-40(55)49-43(38)56)7-6-21-59-23-25-61-26-24-60-22-20-52-18-15-32(16-19-52)36-30-53(34-8-4-3-5-9-34)42-35(36)29-47-44(50-42)48-33-14-17-46-41(28-33)58-2/h10-11,14,17,27-30,32,34,38H,3-9,12-13,15-16,18-26H2,1-2H3,(H,49,55,56)(H,46,47,48,50). The number of pyridine rings is 1. The molecule has 16 heteroatoms. The Morgan fingerprint density at radius 3 is 2.39 bits per heavy atom. The van der Waals surface area contributed by atoms with Crippen LogP contribution >= 0.6 is 0 Å². The van der Waals surface area contributed by atoms with Gasteiger partial charge in [0.2, 0.25) is 23.6 Å². The molecule has 0 bridgehead atoms. The monoisotopic (exact) mass is 837 g/mol. The maximum atomic E-state index is 13.0. The molecule has 3 aliphatic rings. The van der Waals surface area contributed by atoms with Crippen LogP contribution in [-0.2, 0) is 37.3 Å². The van der Waals surface area contributed by atoms with Gasteiger partial charge in [0.25, 0.3) is 0 Å². The molecule has 1 atom stereocenters. The van der Waals surface area contributed by atoms with Crippen LogP contribution < -0.4 is 21.1 Å². The van der Waals surface area contributed by atoms with E-state index in [9.17, 15) is 14.4 Å². The predicted octanol–water partition coefficient (Wildman–Crippen LogP) is 5.58. The zero-order valence-electron chi connectivity index (χ0n) is 35.5. The fourth-order valence-corrected chi connectivity index (χ4v) is 9.18. The van der Waals surface area contributed by atoms with E-state index in [-0.39, 0.29) is 18.0 Å². The molecule has 1 unspecified atom stereocenters. The Labute approximate surface area is 355 Å². The highest BCUT2D eigenvalue weighted by atomic mass is 16.5. The van der Waals surface area contributed by atoms with Gasteiger partial charge in [-0.25, -0.2) is 14.8 Å². The van der Waals surface area contributed by atoms with Crippen molar-refractivity contribution in [2.75, 3.05) is 71.7 Å². The minimum atomic E-state index is -0.685. The maximum absolute atomic E-state index is 13.0. The number of carbonyl (C=O) groups excluding carboxylic acids is 2. The van der Waals surface area contributed by atoms with Crippen molar-refractivity contribution in [1.82, 2.24) is 38.9 Å². The van der Waals surface area contributed by atoms with Crippen molar-refractivity contribution < 1.29 is 28.5 Å². The number of hydrogen-bond donors (Lipinski definition) is 2. The number of likely N-dealkylation sites (tertiary alicyclic amines) is 1. The zero-order valence-corrected chi connectivity index (χ0v) is 35.5.